The second-order valence-electron chi connectivity index (χ2n) is 4.87. The Morgan fingerprint density at radius 3 is 2.78 bits per heavy atom. The van der Waals surface area contributed by atoms with Crippen molar-refractivity contribution in [3.8, 4) is 0 Å². The van der Waals surface area contributed by atoms with E-state index in [0.717, 1.165) is 37.1 Å². The minimum Gasteiger partial charge on any atom is -0.370 e. The molecule has 0 amide bonds. The lowest BCUT2D eigenvalue weighted by Crippen LogP contribution is -2.33. The number of hydrogen-bond acceptors (Lipinski definition) is 5. The average molecular weight is 264 g/mol. The first kappa shape index (κ1) is 12.1. The van der Waals surface area contributed by atoms with Crippen molar-refractivity contribution in [2.75, 3.05) is 41.4 Å². The molecule has 4 nitrogen and oxygen atoms in total. The third-order valence-electron chi connectivity index (χ3n) is 3.37. The quantitative estimate of drug-likeness (QED) is 0.904. The van der Waals surface area contributed by atoms with Crippen LogP contribution in [0.2, 0.25) is 0 Å². The number of anilines is 2. The molecule has 1 N–H and O–H groups in total. The van der Waals surface area contributed by atoms with Gasteiger partial charge in [-0.25, -0.2) is 9.97 Å². The van der Waals surface area contributed by atoms with Crippen molar-refractivity contribution in [3.63, 3.8) is 0 Å². The van der Waals surface area contributed by atoms with Gasteiger partial charge in [0.1, 0.15) is 17.5 Å². The Morgan fingerprint density at radius 1 is 1.33 bits per heavy atom. The van der Waals surface area contributed by atoms with E-state index in [9.17, 15) is 0 Å². The van der Waals surface area contributed by atoms with Gasteiger partial charge in [0.25, 0.3) is 0 Å². The number of nitrogens with zero attached hydrogens (tertiary/aromatic N) is 3. The lowest BCUT2D eigenvalue weighted by Gasteiger charge is -2.28. The fourth-order valence-corrected chi connectivity index (χ4v) is 3.11. The Bertz CT molecular complexity index is 413. The third-order valence-corrected chi connectivity index (χ3v) is 4.31. The second kappa shape index (κ2) is 5.34. The van der Waals surface area contributed by atoms with Gasteiger partial charge in [0.2, 0.25) is 0 Å². The molecule has 0 aromatic carbocycles. The number of aromatic nitrogens is 2. The van der Waals surface area contributed by atoms with Crippen LogP contribution in [0.1, 0.15) is 31.5 Å². The van der Waals surface area contributed by atoms with E-state index >= 15 is 0 Å². The minimum absolute atomic E-state index is 0.613. The number of thioether (sulfide) groups is 1. The number of nitrogens with one attached hydrogen (secondary N) is 1. The van der Waals surface area contributed by atoms with Gasteiger partial charge in [0.15, 0.2) is 0 Å². The van der Waals surface area contributed by atoms with Crippen molar-refractivity contribution >= 4 is 23.4 Å². The van der Waals surface area contributed by atoms with E-state index in [0.29, 0.717) is 5.92 Å². The summed E-state index contributed by atoms with van der Waals surface area (Å²) in [5, 5.41) is 3.33. The van der Waals surface area contributed by atoms with Crippen LogP contribution in [0.3, 0.4) is 0 Å². The molecule has 1 aliphatic heterocycles. The van der Waals surface area contributed by atoms with E-state index in [4.69, 9.17) is 4.98 Å². The third kappa shape index (κ3) is 2.71. The van der Waals surface area contributed by atoms with Gasteiger partial charge in [-0.15, -0.1) is 0 Å². The Kier molecular flexibility index (Phi) is 3.59. The summed E-state index contributed by atoms with van der Waals surface area (Å²) in [6, 6.07) is 2.10. The van der Waals surface area contributed by atoms with Gasteiger partial charge in [-0.2, -0.15) is 11.8 Å². The van der Waals surface area contributed by atoms with Gasteiger partial charge in [0, 0.05) is 43.1 Å². The summed E-state index contributed by atoms with van der Waals surface area (Å²) in [5.74, 6) is 6.17. The number of hydrogen-bond donors (Lipinski definition) is 1. The average Bonchev–Trinajstić information content (AvgIpc) is 3.24. The van der Waals surface area contributed by atoms with Crippen molar-refractivity contribution < 1.29 is 0 Å². The molecule has 0 atom stereocenters. The van der Waals surface area contributed by atoms with Crippen LogP contribution < -0.4 is 10.2 Å². The van der Waals surface area contributed by atoms with Gasteiger partial charge in [-0.05, 0) is 19.8 Å². The van der Waals surface area contributed by atoms with Crippen molar-refractivity contribution in [2.24, 2.45) is 0 Å². The normalized spacial score (nSPS) is 19.9. The fourth-order valence-electron chi connectivity index (χ4n) is 2.20. The van der Waals surface area contributed by atoms with Crippen LogP contribution in [-0.4, -0.2) is 41.1 Å². The van der Waals surface area contributed by atoms with Crippen LogP contribution in [0.4, 0.5) is 11.6 Å². The van der Waals surface area contributed by atoms with Crippen LogP contribution in [0, 0.1) is 0 Å². The summed E-state index contributed by atoms with van der Waals surface area (Å²) in [4.78, 5) is 11.8. The molecule has 2 aliphatic rings. The molecule has 0 bridgehead atoms. The van der Waals surface area contributed by atoms with E-state index in [1.165, 1.54) is 24.3 Å². The minimum atomic E-state index is 0.613. The molecule has 1 saturated carbocycles. The molecule has 0 unspecified atom stereocenters. The molecular weight excluding hydrogens is 244 g/mol. The maximum atomic E-state index is 4.77. The zero-order valence-electron chi connectivity index (χ0n) is 10.9. The standard InChI is InChI=1S/C13H20N4S/c1-2-14-11-9-12(17-5-7-18-8-6-17)16-13(15-11)10-3-4-10/h9-10H,2-8H2,1H3,(H,14,15,16). The monoisotopic (exact) mass is 264 g/mol. The van der Waals surface area contributed by atoms with Crippen molar-refractivity contribution in [2.45, 2.75) is 25.7 Å². The zero-order valence-corrected chi connectivity index (χ0v) is 11.7. The van der Waals surface area contributed by atoms with Gasteiger partial charge < -0.3 is 10.2 Å². The second-order valence-corrected chi connectivity index (χ2v) is 6.10. The van der Waals surface area contributed by atoms with Crippen LogP contribution in [0.5, 0.6) is 0 Å². The summed E-state index contributed by atoms with van der Waals surface area (Å²) in [5.41, 5.74) is 0. The number of rotatable bonds is 4. The molecule has 1 aromatic heterocycles. The van der Waals surface area contributed by atoms with Crippen molar-refractivity contribution in [1.82, 2.24) is 9.97 Å². The molecule has 2 heterocycles. The van der Waals surface area contributed by atoms with Gasteiger partial charge >= 0.3 is 0 Å². The van der Waals surface area contributed by atoms with Crippen LogP contribution in [-0.2, 0) is 0 Å². The highest BCUT2D eigenvalue weighted by Gasteiger charge is 2.28. The molecule has 3 rings (SSSR count). The first-order valence-electron chi connectivity index (χ1n) is 6.82. The molecule has 18 heavy (non-hydrogen) atoms. The molecule has 1 saturated heterocycles. The molecular formula is C13H20N4S. The first-order valence-corrected chi connectivity index (χ1v) is 7.98. The summed E-state index contributed by atoms with van der Waals surface area (Å²) >= 11 is 2.03. The van der Waals surface area contributed by atoms with Crippen LogP contribution in [0.15, 0.2) is 6.07 Å². The zero-order chi connectivity index (χ0) is 12.4. The van der Waals surface area contributed by atoms with Crippen molar-refractivity contribution in [3.05, 3.63) is 11.9 Å². The fraction of sp³-hybridized carbons (Fsp3) is 0.692. The predicted octanol–water partition coefficient (Wildman–Crippen LogP) is 2.34. The molecule has 0 spiro atoms. The van der Waals surface area contributed by atoms with Crippen LogP contribution in [0.25, 0.3) is 0 Å². The summed E-state index contributed by atoms with van der Waals surface area (Å²) < 4.78 is 0. The highest BCUT2D eigenvalue weighted by atomic mass is 32.2. The first-order chi connectivity index (χ1) is 8.86. The largest absolute Gasteiger partial charge is 0.370 e. The summed E-state index contributed by atoms with van der Waals surface area (Å²) in [6.07, 6.45) is 2.51. The summed E-state index contributed by atoms with van der Waals surface area (Å²) in [6.45, 7) is 5.24. The van der Waals surface area contributed by atoms with E-state index in [-0.39, 0.29) is 0 Å². The van der Waals surface area contributed by atoms with Gasteiger partial charge in [-0.3, -0.25) is 0 Å². The molecule has 5 heteroatoms. The summed E-state index contributed by atoms with van der Waals surface area (Å²) in [7, 11) is 0. The topological polar surface area (TPSA) is 41.0 Å². The maximum absolute atomic E-state index is 4.77. The van der Waals surface area contributed by atoms with Crippen LogP contribution >= 0.6 is 11.8 Å². The predicted molar refractivity (Wildman–Crippen MR) is 77.7 cm³/mol. The van der Waals surface area contributed by atoms with Gasteiger partial charge in [-0.1, -0.05) is 0 Å². The SMILES string of the molecule is CCNc1cc(N2CCSCC2)nc(C2CC2)n1. The Balaban J connectivity index is 1.86. The lowest BCUT2D eigenvalue weighted by molar-refractivity contribution is 0.815. The van der Waals surface area contributed by atoms with E-state index < -0.39 is 0 Å². The molecule has 0 radical (unpaired) electrons. The van der Waals surface area contributed by atoms with E-state index in [1.54, 1.807) is 0 Å². The molecule has 1 aromatic rings. The van der Waals surface area contributed by atoms with E-state index in [2.05, 4.69) is 28.2 Å². The maximum Gasteiger partial charge on any atom is 0.136 e. The smallest absolute Gasteiger partial charge is 0.136 e. The Hall–Kier alpha value is -0.970. The van der Waals surface area contributed by atoms with Gasteiger partial charge in [0.05, 0.1) is 0 Å². The molecule has 1 aliphatic carbocycles. The Morgan fingerprint density at radius 2 is 2.11 bits per heavy atom. The molecule has 98 valence electrons. The van der Waals surface area contributed by atoms with Crippen molar-refractivity contribution in [1.29, 1.82) is 0 Å². The molecule has 2 fully saturated rings. The highest BCUT2D eigenvalue weighted by molar-refractivity contribution is 7.99. The highest BCUT2D eigenvalue weighted by Crippen LogP contribution is 2.39. The van der Waals surface area contributed by atoms with E-state index in [1.807, 2.05) is 11.8 Å². The Labute approximate surface area is 113 Å². The lowest BCUT2D eigenvalue weighted by atomic mass is 10.3.